The summed E-state index contributed by atoms with van der Waals surface area (Å²) < 4.78 is 2.55. The number of fused-ring (bicyclic) bond motifs is 8. The molecule has 1 N–H and O–H groups in total. The van der Waals surface area contributed by atoms with Crippen LogP contribution in [0.2, 0.25) is 0 Å². The van der Waals surface area contributed by atoms with Crippen LogP contribution in [-0.4, -0.2) is 19.5 Å². The van der Waals surface area contributed by atoms with E-state index in [0.29, 0.717) is 0 Å². The summed E-state index contributed by atoms with van der Waals surface area (Å²) in [5.41, 5.74) is 19.3. The number of aromatic amines is 1. The second-order valence-corrected chi connectivity index (χ2v) is 10.8. The van der Waals surface area contributed by atoms with E-state index < -0.39 is 0 Å². The van der Waals surface area contributed by atoms with E-state index in [-0.39, 0.29) is 18.6 Å². The van der Waals surface area contributed by atoms with E-state index >= 15 is 0 Å². The van der Waals surface area contributed by atoms with Gasteiger partial charge in [0.1, 0.15) is 0 Å². The van der Waals surface area contributed by atoms with Gasteiger partial charge in [-0.25, -0.2) is 9.97 Å². The fraction of sp³-hybridized carbons (Fsp3) is 0.444. The van der Waals surface area contributed by atoms with Gasteiger partial charge in [0, 0.05) is 52.8 Å². The first-order chi connectivity index (χ1) is 19.5. The van der Waals surface area contributed by atoms with Gasteiger partial charge in [0.2, 0.25) is 0 Å². The van der Waals surface area contributed by atoms with E-state index in [9.17, 15) is 0 Å². The molecular formula is C36H46N4V. The van der Waals surface area contributed by atoms with Crippen molar-refractivity contribution in [2.75, 3.05) is 0 Å². The van der Waals surface area contributed by atoms with Crippen LogP contribution in [0.15, 0.2) is 18.2 Å². The summed E-state index contributed by atoms with van der Waals surface area (Å²) >= 11 is 0. The van der Waals surface area contributed by atoms with Crippen molar-refractivity contribution in [3.63, 3.8) is 0 Å². The van der Waals surface area contributed by atoms with Crippen LogP contribution in [0.5, 0.6) is 0 Å². The largest absolute Gasteiger partial charge is 0.355 e. The van der Waals surface area contributed by atoms with Crippen molar-refractivity contribution < 1.29 is 18.6 Å². The summed E-state index contributed by atoms with van der Waals surface area (Å²) in [5, 5.41) is 0. The molecule has 5 heteroatoms. The summed E-state index contributed by atoms with van der Waals surface area (Å²) in [5.74, 6) is 0. The molecule has 5 rings (SSSR count). The topological polar surface area (TPSA) is 46.5 Å². The summed E-state index contributed by atoms with van der Waals surface area (Å²) in [4.78, 5) is 14.4. The minimum atomic E-state index is 0. The van der Waals surface area contributed by atoms with E-state index in [1.807, 2.05) is 0 Å². The molecule has 41 heavy (non-hydrogen) atoms. The molecule has 215 valence electrons. The Morgan fingerprint density at radius 3 is 1.73 bits per heavy atom. The van der Waals surface area contributed by atoms with Gasteiger partial charge >= 0.3 is 0 Å². The molecule has 1 radical (unpaired) electrons. The van der Waals surface area contributed by atoms with Crippen molar-refractivity contribution in [1.82, 2.24) is 19.5 Å². The Morgan fingerprint density at radius 1 is 0.610 bits per heavy atom. The third kappa shape index (κ3) is 5.19. The van der Waals surface area contributed by atoms with Gasteiger partial charge in [-0.15, -0.1) is 0 Å². The smallest absolute Gasteiger partial charge is 0.0725 e. The van der Waals surface area contributed by atoms with Gasteiger partial charge in [-0.3, -0.25) is 0 Å². The molecule has 0 spiro atoms. The average Bonchev–Trinajstić information content (AvgIpc) is 3.73. The third-order valence-electron chi connectivity index (χ3n) is 8.85. The summed E-state index contributed by atoms with van der Waals surface area (Å²) in [6.07, 6.45) is 11.2. The van der Waals surface area contributed by atoms with Crippen LogP contribution in [0.1, 0.15) is 119 Å². The van der Waals surface area contributed by atoms with Crippen molar-refractivity contribution in [3.05, 3.63) is 68.8 Å². The van der Waals surface area contributed by atoms with Gasteiger partial charge in [0.25, 0.3) is 0 Å². The number of nitrogens with one attached hydrogen (secondary N) is 1. The number of nitrogens with zero attached hydrogens (tertiary/aromatic N) is 3. The maximum absolute atomic E-state index is 5.61. The van der Waals surface area contributed by atoms with Crippen LogP contribution in [-0.2, 0) is 57.2 Å². The molecule has 0 fully saturated rings. The van der Waals surface area contributed by atoms with Gasteiger partial charge in [-0.2, -0.15) is 0 Å². The van der Waals surface area contributed by atoms with Gasteiger partial charge in [0.15, 0.2) is 0 Å². The van der Waals surface area contributed by atoms with Crippen molar-refractivity contribution in [2.24, 2.45) is 0 Å². The van der Waals surface area contributed by atoms with E-state index in [0.717, 1.165) is 68.4 Å². The average molecular weight is 586 g/mol. The number of aryl methyl sites for hydroxylation is 6. The van der Waals surface area contributed by atoms with Gasteiger partial charge < -0.3 is 9.55 Å². The summed E-state index contributed by atoms with van der Waals surface area (Å²) in [6.45, 7) is 19.2. The molecule has 0 saturated carbocycles. The zero-order valence-corrected chi connectivity index (χ0v) is 27.7. The van der Waals surface area contributed by atoms with E-state index in [2.05, 4.69) is 95.3 Å². The molecule has 0 unspecified atom stereocenters. The normalized spacial score (nSPS) is 12.8. The second-order valence-electron chi connectivity index (χ2n) is 10.8. The van der Waals surface area contributed by atoms with Gasteiger partial charge in [0.05, 0.1) is 28.3 Å². The number of rotatable bonds is 8. The van der Waals surface area contributed by atoms with E-state index in [1.54, 1.807) is 0 Å². The number of H-pyrrole nitrogens is 1. The minimum absolute atomic E-state index is 0. The Balaban J connectivity index is 0.00000387. The third-order valence-corrected chi connectivity index (χ3v) is 8.85. The van der Waals surface area contributed by atoms with Crippen molar-refractivity contribution in [3.8, 4) is 0 Å². The Kier molecular flexibility index (Phi) is 9.87. The van der Waals surface area contributed by atoms with E-state index in [1.165, 1.54) is 66.9 Å². The van der Waals surface area contributed by atoms with Gasteiger partial charge in [-0.1, -0.05) is 48.5 Å². The number of aromatic nitrogens is 4. The van der Waals surface area contributed by atoms with Crippen LogP contribution >= 0.6 is 0 Å². The maximum atomic E-state index is 5.61. The van der Waals surface area contributed by atoms with E-state index in [4.69, 9.17) is 9.97 Å². The first kappa shape index (κ1) is 31.1. The molecule has 0 atom stereocenters. The summed E-state index contributed by atoms with van der Waals surface area (Å²) in [6, 6.07) is 6.80. The monoisotopic (exact) mass is 585 g/mol. The molecule has 0 amide bonds. The van der Waals surface area contributed by atoms with Crippen LogP contribution in [0, 0.1) is 0 Å². The van der Waals surface area contributed by atoms with Crippen LogP contribution in [0.4, 0.5) is 0 Å². The second kappa shape index (κ2) is 13.0. The zero-order chi connectivity index (χ0) is 28.6. The maximum Gasteiger partial charge on any atom is 0.0725 e. The minimum Gasteiger partial charge on any atom is -0.355 e. The fourth-order valence-electron chi connectivity index (χ4n) is 7.06. The first-order valence-corrected chi connectivity index (χ1v) is 15.7. The quantitative estimate of drug-likeness (QED) is 0.224. The van der Waals surface area contributed by atoms with Crippen LogP contribution < -0.4 is 0 Å². The Bertz CT molecular complexity index is 1680. The van der Waals surface area contributed by atoms with Crippen molar-refractivity contribution in [1.29, 1.82) is 0 Å². The predicted octanol–water partition coefficient (Wildman–Crippen LogP) is 9.52. The Morgan fingerprint density at radius 2 is 1.20 bits per heavy atom. The van der Waals surface area contributed by atoms with Crippen molar-refractivity contribution in [2.45, 2.75) is 107 Å². The molecular weight excluding hydrogens is 539 g/mol. The summed E-state index contributed by atoms with van der Waals surface area (Å²) in [7, 11) is 0. The molecule has 2 aliphatic rings. The van der Waals surface area contributed by atoms with Crippen LogP contribution in [0.25, 0.3) is 45.4 Å². The van der Waals surface area contributed by atoms with Gasteiger partial charge in [-0.05, 0) is 110 Å². The molecule has 3 aromatic heterocycles. The first-order valence-electron chi connectivity index (χ1n) is 15.7. The molecule has 0 saturated heterocycles. The molecule has 4 nitrogen and oxygen atoms in total. The zero-order valence-electron chi connectivity index (χ0n) is 26.3. The number of hydrogen-bond acceptors (Lipinski definition) is 2. The Hall–Kier alpha value is -2.82. The molecule has 8 bridgehead atoms. The molecule has 5 heterocycles. The number of hydrogen-bond donors (Lipinski definition) is 1. The van der Waals surface area contributed by atoms with Crippen LogP contribution in [0.3, 0.4) is 0 Å². The molecule has 3 aromatic rings. The molecule has 2 aliphatic heterocycles. The predicted molar refractivity (Wildman–Crippen MR) is 174 cm³/mol. The fourth-order valence-corrected chi connectivity index (χ4v) is 7.06. The number of allylic oxidation sites excluding steroid dienone is 2. The SMILES string of the molecule is CCC1=C(CC)c2nc1c(CC)c1[nH]c(cc3nc(cc4c(CC)c(CC)c(c2CC)n4CC)C=C3)cc1CC.[V]. The molecule has 0 aromatic carbocycles. The van der Waals surface area contributed by atoms with Crippen molar-refractivity contribution >= 4 is 45.4 Å². The molecule has 0 aliphatic carbocycles. The standard InChI is InChI=1S/C36H46N4.V/c1-9-22-19-25-20-23-17-18-24(37-23)21-32-26(10-2)29(13-5)36(40(32)16-8)31(15-7)35-28(12-4)27(11-3)34(39-35)30(14-6)33(22)38-25;/h17-21,38H,9-16H2,1-8H3;. The Labute approximate surface area is 258 Å².